The van der Waals surface area contributed by atoms with Crippen LogP contribution < -0.4 is 4.74 Å². The van der Waals surface area contributed by atoms with E-state index in [1.54, 1.807) is 0 Å². The molecule has 1 aromatic heterocycles. The van der Waals surface area contributed by atoms with Gasteiger partial charge >= 0.3 is 0 Å². The van der Waals surface area contributed by atoms with E-state index in [9.17, 15) is 4.79 Å². The second kappa shape index (κ2) is 10.8. The Morgan fingerprint density at radius 3 is 2.50 bits per heavy atom. The fourth-order valence-corrected chi connectivity index (χ4v) is 5.20. The Bertz CT molecular complexity index is 1340. The van der Waals surface area contributed by atoms with E-state index < -0.39 is 0 Å². The number of benzene rings is 3. The van der Waals surface area contributed by atoms with Gasteiger partial charge < -0.3 is 14.2 Å². The Labute approximate surface area is 217 Å². The molecule has 0 bridgehead atoms. The summed E-state index contributed by atoms with van der Waals surface area (Å²) in [5, 5.41) is 0.801. The molecule has 0 aliphatic carbocycles. The number of halogens is 1. The summed E-state index contributed by atoms with van der Waals surface area (Å²) in [4.78, 5) is 19.8. The maximum atomic E-state index is 12.9. The number of fused-ring (bicyclic) bond motifs is 1. The third-order valence-electron chi connectivity index (χ3n) is 6.93. The third-order valence-corrected chi connectivity index (χ3v) is 7.53. The number of ether oxygens (including phenoxy) is 1. The minimum Gasteiger partial charge on any atom is -0.494 e. The number of rotatable bonds is 9. The van der Waals surface area contributed by atoms with Crippen molar-refractivity contribution in [2.24, 2.45) is 0 Å². The number of amides is 1. The van der Waals surface area contributed by atoms with Crippen LogP contribution in [0.1, 0.15) is 47.7 Å². The molecule has 1 fully saturated rings. The Balaban J connectivity index is 1.25. The molecule has 1 unspecified atom stereocenters. The number of para-hydroxylation sites is 2. The number of imidazole rings is 1. The quantitative estimate of drug-likeness (QED) is 0.240. The van der Waals surface area contributed by atoms with Crippen LogP contribution in [0.25, 0.3) is 11.0 Å². The van der Waals surface area contributed by atoms with Gasteiger partial charge in [-0.05, 0) is 67.6 Å². The van der Waals surface area contributed by atoms with Crippen LogP contribution in [0.4, 0.5) is 0 Å². The van der Waals surface area contributed by atoms with Crippen molar-refractivity contribution in [1.29, 1.82) is 0 Å². The number of hydrogen-bond donors (Lipinski definition) is 0. The molecule has 1 aliphatic rings. The fourth-order valence-electron chi connectivity index (χ4n) is 5.09. The molecule has 4 aromatic rings. The largest absolute Gasteiger partial charge is 0.494 e. The first-order valence-electron chi connectivity index (χ1n) is 12.7. The highest BCUT2D eigenvalue weighted by Crippen LogP contribution is 2.32. The predicted octanol–water partition coefficient (Wildman–Crippen LogP) is 6.68. The van der Waals surface area contributed by atoms with Crippen LogP contribution in [-0.2, 0) is 17.9 Å². The van der Waals surface area contributed by atoms with E-state index in [-0.39, 0.29) is 11.8 Å². The lowest BCUT2D eigenvalue weighted by atomic mass is 10.1. The van der Waals surface area contributed by atoms with Crippen molar-refractivity contribution >= 4 is 28.5 Å². The summed E-state index contributed by atoms with van der Waals surface area (Å²) in [5.41, 5.74) is 5.35. The van der Waals surface area contributed by atoms with Crippen LogP contribution in [0.3, 0.4) is 0 Å². The molecule has 1 aliphatic heterocycles. The summed E-state index contributed by atoms with van der Waals surface area (Å²) < 4.78 is 8.32. The van der Waals surface area contributed by atoms with E-state index in [1.807, 2.05) is 55.1 Å². The second-order valence-electron chi connectivity index (χ2n) is 9.70. The number of hydrogen-bond acceptors (Lipinski definition) is 3. The van der Waals surface area contributed by atoms with Gasteiger partial charge in [0.15, 0.2) is 0 Å². The summed E-state index contributed by atoms with van der Waals surface area (Å²) in [6.45, 7) is 6.86. The molecule has 1 atom stereocenters. The van der Waals surface area contributed by atoms with Crippen LogP contribution in [-0.4, -0.2) is 33.5 Å². The maximum Gasteiger partial charge on any atom is 0.223 e. The molecule has 36 heavy (non-hydrogen) atoms. The summed E-state index contributed by atoms with van der Waals surface area (Å²) in [5.74, 6) is 2.19. The van der Waals surface area contributed by atoms with Crippen molar-refractivity contribution in [3.05, 3.63) is 94.3 Å². The third kappa shape index (κ3) is 5.26. The Morgan fingerprint density at radius 1 is 1.00 bits per heavy atom. The summed E-state index contributed by atoms with van der Waals surface area (Å²) in [7, 11) is 0. The van der Waals surface area contributed by atoms with Crippen LogP contribution in [0.15, 0.2) is 66.7 Å². The topological polar surface area (TPSA) is 47.4 Å². The van der Waals surface area contributed by atoms with Gasteiger partial charge in [0.05, 0.1) is 17.6 Å². The van der Waals surface area contributed by atoms with Gasteiger partial charge in [-0.1, -0.05) is 54.1 Å². The van der Waals surface area contributed by atoms with Crippen LogP contribution in [0.2, 0.25) is 5.02 Å². The van der Waals surface area contributed by atoms with E-state index in [0.29, 0.717) is 26.1 Å². The Kier molecular flexibility index (Phi) is 7.28. The zero-order valence-corrected chi connectivity index (χ0v) is 21.7. The smallest absolute Gasteiger partial charge is 0.223 e. The highest BCUT2D eigenvalue weighted by molar-refractivity contribution is 6.32. The number of carbonyl (C=O) groups is 1. The molecule has 6 heteroatoms. The maximum absolute atomic E-state index is 12.9. The van der Waals surface area contributed by atoms with Crippen LogP contribution in [0.5, 0.6) is 5.75 Å². The van der Waals surface area contributed by atoms with Gasteiger partial charge in [-0.25, -0.2) is 4.98 Å². The van der Waals surface area contributed by atoms with E-state index in [2.05, 4.69) is 34.9 Å². The van der Waals surface area contributed by atoms with Gasteiger partial charge in [-0.15, -0.1) is 0 Å². The standard InChI is InChI=1S/C30H32ClN3O2/c1-21-16-25(17-22(2)29(21)31)36-15-9-8-14-34-27-13-7-6-12-26(27)32-30(34)24-18-28(35)33(20-24)19-23-10-4-3-5-11-23/h3-7,10-13,16-17,24H,8-9,14-15,18-20H2,1-2H3. The van der Waals surface area contributed by atoms with E-state index in [0.717, 1.165) is 63.7 Å². The van der Waals surface area contributed by atoms with Crippen molar-refractivity contribution < 1.29 is 9.53 Å². The normalized spacial score (nSPS) is 15.7. The lowest BCUT2D eigenvalue weighted by Crippen LogP contribution is -2.24. The van der Waals surface area contributed by atoms with E-state index in [4.69, 9.17) is 21.3 Å². The Morgan fingerprint density at radius 2 is 1.72 bits per heavy atom. The number of unbranched alkanes of at least 4 members (excludes halogenated alkanes) is 1. The molecule has 3 aromatic carbocycles. The number of likely N-dealkylation sites (tertiary alicyclic amines) is 1. The average Bonchev–Trinajstić information content (AvgIpc) is 3.43. The minimum absolute atomic E-state index is 0.102. The predicted molar refractivity (Wildman–Crippen MR) is 145 cm³/mol. The summed E-state index contributed by atoms with van der Waals surface area (Å²) in [6, 6.07) is 22.4. The molecule has 0 spiro atoms. The summed E-state index contributed by atoms with van der Waals surface area (Å²) in [6.07, 6.45) is 2.40. The number of nitrogens with zero attached hydrogens (tertiary/aromatic N) is 3. The van der Waals surface area contributed by atoms with Gasteiger partial charge in [0.2, 0.25) is 5.91 Å². The molecular formula is C30H32ClN3O2. The molecule has 0 radical (unpaired) electrons. The Hall–Kier alpha value is -3.31. The van der Waals surface area contributed by atoms with Gasteiger partial charge in [0.25, 0.3) is 0 Å². The first-order valence-corrected chi connectivity index (χ1v) is 13.0. The van der Waals surface area contributed by atoms with Gasteiger partial charge in [0.1, 0.15) is 11.6 Å². The van der Waals surface area contributed by atoms with Crippen molar-refractivity contribution in [3.63, 3.8) is 0 Å². The average molecular weight is 502 g/mol. The number of aryl methyl sites for hydroxylation is 3. The van der Waals surface area contributed by atoms with Gasteiger partial charge in [0, 0.05) is 37.0 Å². The van der Waals surface area contributed by atoms with Crippen LogP contribution >= 0.6 is 11.6 Å². The first kappa shape index (κ1) is 24.4. The highest BCUT2D eigenvalue weighted by Gasteiger charge is 2.33. The van der Waals surface area contributed by atoms with Crippen molar-refractivity contribution in [2.45, 2.75) is 52.1 Å². The molecule has 0 saturated carbocycles. The lowest BCUT2D eigenvalue weighted by molar-refractivity contribution is -0.128. The molecule has 1 saturated heterocycles. The van der Waals surface area contributed by atoms with Crippen molar-refractivity contribution in [3.8, 4) is 5.75 Å². The molecule has 0 N–H and O–H groups in total. The van der Waals surface area contributed by atoms with Gasteiger partial charge in [-0.3, -0.25) is 4.79 Å². The SMILES string of the molecule is Cc1cc(OCCCCn2c(C3CC(=O)N(Cc4ccccc4)C3)nc3ccccc32)cc(C)c1Cl. The van der Waals surface area contributed by atoms with E-state index >= 15 is 0 Å². The number of carbonyl (C=O) groups excluding carboxylic acids is 1. The monoisotopic (exact) mass is 501 g/mol. The summed E-state index contributed by atoms with van der Waals surface area (Å²) >= 11 is 6.28. The van der Waals surface area contributed by atoms with Crippen LogP contribution in [0, 0.1) is 13.8 Å². The zero-order chi connectivity index (χ0) is 25.1. The minimum atomic E-state index is 0.102. The molecule has 1 amide bonds. The highest BCUT2D eigenvalue weighted by atomic mass is 35.5. The molecule has 186 valence electrons. The fraction of sp³-hybridized carbons (Fsp3) is 0.333. The number of aromatic nitrogens is 2. The lowest BCUT2D eigenvalue weighted by Gasteiger charge is -2.17. The molecular weight excluding hydrogens is 470 g/mol. The van der Waals surface area contributed by atoms with Gasteiger partial charge in [-0.2, -0.15) is 0 Å². The second-order valence-corrected chi connectivity index (χ2v) is 10.1. The molecule has 5 nitrogen and oxygen atoms in total. The van der Waals surface area contributed by atoms with E-state index in [1.165, 1.54) is 0 Å². The first-order chi connectivity index (χ1) is 17.5. The van der Waals surface area contributed by atoms with Crippen molar-refractivity contribution in [2.75, 3.05) is 13.2 Å². The molecule has 5 rings (SSSR count). The molecule has 2 heterocycles. The van der Waals surface area contributed by atoms with Crippen molar-refractivity contribution in [1.82, 2.24) is 14.5 Å². The zero-order valence-electron chi connectivity index (χ0n) is 20.9.